The summed E-state index contributed by atoms with van der Waals surface area (Å²) >= 11 is 0. The monoisotopic (exact) mass is 324 g/mol. The molecule has 1 atom stereocenters. The number of nitrogens with one attached hydrogen (secondary N) is 1. The third kappa shape index (κ3) is 2.73. The first kappa shape index (κ1) is 16.1. The van der Waals surface area contributed by atoms with Gasteiger partial charge in [-0.1, -0.05) is 12.1 Å². The van der Waals surface area contributed by atoms with Crippen LogP contribution in [0, 0.1) is 13.8 Å². The van der Waals surface area contributed by atoms with E-state index in [1.807, 2.05) is 32.0 Å². The van der Waals surface area contributed by atoms with E-state index in [9.17, 15) is 9.59 Å². The molecule has 2 amide bonds. The SMILES string of the molecule is Cc1cccc(NC(=O)c2ccc3c(c2)OC(C)C(=O)N3C)c1C. The largest absolute Gasteiger partial charge is 0.479 e. The van der Waals surface area contributed by atoms with Crippen molar-refractivity contribution in [2.45, 2.75) is 26.9 Å². The van der Waals surface area contributed by atoms with Gasteiger partial charge in [-0.25, -0.2) is 0 Å². The number of amides is 2. The van der Waals surface area contributed by atoms with Crippen molar-refractivity contribution in [1.82, 2.24) is 0 Å². The molecule has 0 saturated heterocycles. The molecule has 1 N–H and O–H groups in total. The number of hydrogen-bond acceptors (Lipinski definition) is 3. The molecule has 0 radical (unpaired) electrons. The number of carbonyl (C=O) groups is 2. The molecule has 24 heavy (non-hydrogen) atoms. The van der Waals surface area contributed by atoms with Gasteiger partial charge in [-0.05, 0) is 56.2 Å². The number of benzene rings is 2. The molecule has 3 rings (SSSR count). The summed E-state index contributed by atoms with van der Waals surface area (Å²) in [5.74, 6) is 0.232. The fourth-order valence-corrected chi connectivity index (χ4v) is 2.74. The Kier molecular flexibility index (Phi) is 4.01. The predicted octanol–water partition coefficient (Wildman–Crippen LogP) is 3.30. The van der Waals surface area contributed by atoms with Gasteiger partial charge in [0.1, 0.15) is 5.75 Å². The minimum Gasteiger partial charge on any atom is -0.479 e. The molecule has 5 heteroatoms. The summed E-state index contributed by atoms with van der Waals surface area (Å²) in [4.78, 5) is 26.0. The number of likely N-dealkylation sites (N-methyl/N-ethyl adjacent to an activating group) is 1. The van der Waals surface area contributed by atoms with Crippen molar-refractivity contribution in [3.8, 4) is 5.75 Å². The fourth-order valence-electron chi connectivity index (χ4n) is 2.74. The summed E-state index contributed by atoms with van der Waals surface area (Å²) in [7, 11) is 1.70. The number of carbonyl (C=O) groups excluding carboxylic acids is 2. The minimum absolute atomic E-state index is 0.102. The van der Waals surface area contributed by atoms with Gasteiger partial charge in [-0.2, -0.15) is 0 Å². The van der Waals surface area contributed by atoms with Gasteiger partial charge in [-0.3, -0.25) is 9.59 Å². The van der Waals surface area contributed by atoms with E-state index in [4.69, 9.17) is 4.74 Å². The first-order valence-corrected chi connectivity index (χ1v) is 7.84. The highest BCUT2D eigenvalue weighted by molar-refractivity contribution is 6.06. The maximum atomic E-state index is 12.5. The van der Waals surface area contributed by atoms with Crippen molar-refractivity contribution < 1.29 is 14.3 Å². The molecular formula is C19H20N2O3. The van der Waals surface area contributed by atoms with Crippen LogP contribution in [0.25, 0.3) is 0 Å². The molecule has 1 heterocycles. The Labute approximate surface area is 141 Å². The maximum absolute atomic E-state index is 12.5. The molecule has 0 bridgehead atoms. The van der Waals surface area contributed by atoms with Crippen LogP contribution in [-0.4, -0.2) is 25.0 Å². The standard InChI is InChI=1S/C19H20N2O3/c1-11-6-5-7-15(12(11)2)20-18(22)14-8-9-16-17(10-14)24-13(3)19(23)21(16)4/h5-10,13H,1-4H3,(H,20,22). The van der Waals surface area contributed by atoms with Crippen molar-refractivity contribution in [2.75, 3.05) is 17.3 Å². The number of rotatable bonds is 2. The van der Waals surface area contributed by atoms with Crippen LogP contribution in [0.15, 0.2) is 36.4 Å². The normalized spacial score (nSPS) is 16.4. The summed E-state index contributed by atoms with van der Waals surface area (Å²) < 4.78 is 5.63. The Morgan fingerprint density at radius 3 is 2.71 bits per heavy atom. The Morgan fingerprint density at radius 1 is 1.21 bits per heavy atom. The maximum Gasteiger partial charge on any atom is 0.267 e. The lowest BCUT2D eigenvalue weighted by atomic mass is 10.1. The summed E-state index contributed by atoms with van der Waals surface area (Å²) in [5.41, 5.74) is 4.11. The predicted molar refractivity (Wildman–Crippen MR) is 93.8 cm³/mol. The molecule has 2 aromatic carbocycles. The highest BCUT2D eigenvalue weighted by Crippen LogP contribution is 2.34. The van der Waals surface area contributed by atoms with E-state index in [1.165, 1.54) is 0 Å². The zero-order valence-corrected chi connectivity index (χ0v) is 14.2. The van der Waals surface area contributed by atoms with E-state index in [0.29, 0.717) is 17.0 Å². The molecule has 2 aromatic rings. The Bertz CT molecular complexity index is 829. The highest BCUT2D eigenvalue weighted by Gasteiger charge is 2.29. The second-order valence-corrected chi connectivity index (χ2v) is 6.04. The summed E-state index contributed by atoms with van der Waals surface area (Å²) in [6, 6.07) is 10.9. The van der Waals surface area contributed by atoms with Crippen LogP contribution in [0.1, 0.15) is 28.4 Å². The number of anilines is 2. The van der Waals surface area contributed by atoms with E-state index < -0.39 is 6.10 Å². The highest BCUT2D eigenvalue weighted by atomic mass is 16.5. The van der Waals surface area contributed by atoms with Crippen LogP contribution in [0.3, 0.4) is 0 Å². The van der Waals surface area contributed by atoms with Crippen molar-refractivity contribution in [3.63, 3.8) is 0 Å². The third-order valence-corrected chi connectivity index (χ3v) is 4.42. The van der Waals surface area contributed by atoms with Gasteiger partial charge in [0.25, 0.3) is 11.8 Å². The van der Waals surface area contributed by atoms with Gasteiger partial charge < -0.3 is 15.0 Å². The molecule has 0 spiro atoms. The average Bonchev–Trinajstić information content (AvgIpc) is 2.56. The summed E-state index contributed by atoms with van der Waals surface area (Å²) in [6.45, 7) is 5.68. The van der Waals surface area contributed by atoms with E-state index >= 15 is 0 Å². The van der Waals surface area contributed by atoms with Gasteiger partial charge in [0.2, 0.25) is 0 Å². The van der Waals surface area contributed by atoms with Crippen molar-refractivity contribution in [3.05, 3.63) is 53.1 Å². The minimum atomic E-state index is -0.556. The first-order valence-electron chi connectivity index (χ1n) is 7.84. The van der Waals surface area contributed by atoms with Crippen LogP contribution in [-0.2, 0) is 4.79 Å². The van der Waals surface area contributed by atoms with Gasteiger partial charge in [0.15, 0.2) is 6.10 Å². The Balaban J connectivity index is 1.88. The zero-order chi connectivity index (χ0) is 17.4. The number of aryl methyl sites for hydroxylation is 1. The second kappa shape index (κ2) is 6.00. The lowest BCUT2D eigenvalue weighted by molar-refractivity contribution is -0.125. The van der Waals surface area contributed by atoms with E-state index in [0.717, 1.165) is 16.8 Å². The van der Waals surface area contributed by atoms with E-state index in [2.05, 4.69) is 5.32 Å². The number of ether oxygens (including phenoxy) is 1. The molecule has 0 fully saturated rings. The molecule has 1 unspecified atom stereocenters. The molecular weight excluding hydrogens is 304 g/mol. The van der Waals surface area contributed by atoms with Gasteiger partial charge >= 0.3 is 0 Å². The Morgan fingerprint density at radius 2 is 1.96 bits per heavy atom. The molecule has 0 aliphatic carbocycles. The fraction of sp³-hybridized carbons (Fsp3) is 0.263. The number of fused-ring (bicyclic) bond motifs is 1. The molecule has 1 aliphatic heterocycles. The van der Waals surface area contributed by atoms with Crippen LogP contribution in [0.4, 0.5) is 11.4 Å². The Hall–Kier alpha value is -2.82. The van der Waals surface area contributed by atoms with Gasteiger partial charge in [0.05, 0.1) is 5.69 Å². The molecule has 124 valence electrons. The number of nitrogens with zero attached hydrogens (tertiary/aromatic N) is 1. The topological polar surface area (TPSA) is 58.6 Å². The third-order valence-electron chi connectivity index (χ3n) is 4.42. The summed E-state index contributed by atoms with van der Waals surface area (Å²) in [5, 5.41) is 2.93. The molecule has 1 aliphatic rings. The smallest absolute Gasteiger partial charge is 0.267 e. The van der Waals surface area contributed by atoms with E-state index in [-0.39, 0.29) is 11.8 Å². The number of hydrogen-bond donors (Lipinski definition) is 1. The van der Waals surface area contributed by atoms with Crippen molar-refractivity contribution >= 4 is 23.2 Å². The van der Waals surface area contributed by atoms with Crippen LogP contribution < -0.4 is 15.0 Å². The van der Waals surface area contributed by atoms with Crippen molar-refractivity contribution in [1.29, 1.82) is 0 Å². The van der Waals surface area contributed by atoms with Gasteiger partial charge in [-0.15, -0.1) is 0 Å². The van der Waals surface area contributed by atoms with Crippen LogP contribution in [0.2, 0.25) is 0 Å². The first-order chi connectivity index (χ1) is 11.4. The average molecular weight is 324 g/mol. The van der Waals surface area contributed by atoms with Crippen molar-refractivity contribution in [2.24, 2.45) is 0 Å². The van der Waals surface area contributed by atoms with E-state index in [1.54, 1.807) is 37.1 Å². The lowest BCUT2D eigenvalue weighted by Gasteiger charge is -2.30. The molecule has 0 saturated carbocycles. The second-order valence-electron chi connectivity index (χ2n) is 6.04. The lowest BCUT2D eigenvalue weighted by Crippen LogP contribution is -2.42. The molecule has 0 aromatic heterocycles. The zero-order valence-electron chi connectivity index (χ0n) is 14.2. The van der Waals surface area contributed by atoms with Crippen LogP contribution in [0.5, 0.6) is 5.75 Å². The van der Waals surface area contributed by atoms with Gasteiger partial charge in [0, 0.05) is 18.3 Å². The van der Waals surface area contributed by atoms with Crippen LogP contribution >= 0.6 is 0 Å². The molecule has 5 nitrogen and oxygen atoms in total. The summed E-state index contributed by atoms with van der Waals surface area (Å²) in [6.07, 6.45) is -0.556. The quantitative estimate of drug-likeness (QED) is 0.922.